The fourth-order valence-corrected chi connectivity index (χ4v) is 2.27. The van der Waals surface area contributed by atoms with Gasteiger partial charge in [0, 0.05) is 0 Å². The van der Waals surface area contributed by atoms with E-state index in [0.29, 0.717) is 6.42 Å². The number of hydrogen-bond acceptors (Lipinski definition) is 4. The van der Waals surface area contributed by atoms with Gasteiger partial charge in [0.1, 0.15) is 12.0 Å². The third kappa shape index (κ3) is 4.05. The summed E-state index contributed by atoms with van der Waals surface area (Å²) >= 11 is 0. The molecule has 0 aliphatic rings. The lowest BCUT2D eigenvalue weighted by molar-refractivity contribution is 0.144. The van der Waals surface area contributed by atoms with Crippen molar-refractivity contribution in [1.29, 1.82) is 0 Å². The monoisotopic (exact) mass is 270 g/mol. The SMILES string of the molecule is C=C(NC(O)CC)NS(=O)(=O)c1ccc(C)cc1. The van der Waals surface area contributed by atoms with Crippen molar-refractivity contribution in [2.75, 3.05) is 0 Å². The first-order valence-electron chi connectivity index (χ1n) is 5.58. The molecule has 0 aliphatic carbocycles. The van der Waals surface area contributed by atoms with E-state index in [1.165, 1.54) is 12.1 Å². The number of sulfonamides is 1. The van der Waals surface area contributed by atoms with E-state index in [1.807, 2.05) is 6.92 Å². The van der Waals surface area contributed by atoms with E-state index in [2.05, 4.69) is 16.6 Å². The molecule has 18 heavy (non-hydrogen) atoms. The molecule has 1 atom stereocenters. The molecule has 5 nitrogen and oxygen atoms in total. The Labute approximate surface area is 108 Å². The van der Waals surface area contributed by atoms with Crippen molar-refractivity contribution in [3.63, 3.8) is 0 Å². The van der Waals surface area contributed by atoms with Gasteiger partial charge in [0.05, 0.1) is 4.90 Å². The highest BCUT2D eigenvalue weighted by atomic mass is 32.2. The second-order valence-electron chi connectivity index (χ2n) is 3.97. The second-order valence-corrected chi connectivity index (χ2v) is 5.65. The standard InChI is InChI=1S/C12H18N2O3S/c1-4-12(15)13-10(3)14-18(16,17)11-7-5-9(2)6-8-11/h5-8,12-15H,3-4H2,1-2H3. The van der Waals surface area contributed by atoms with Crippen molar-refractivity contribution >= 4 is 10.0 Å². The Morgan fingerprint density at radius 2 is 1.94 bits per heavy atom. The molecule has 0 saturated carbocycles. The zero-order chi connectivity index (χ0) is 13.8. The maximum atomic E-state index is 11.9. The van der Waals surface area contributed by atoms with Crippen LogP contribution < -0.4 is 10.0 Å². The van der Waals surface area contributed by atoms with Crippen LogP contribution >= 0.6 is 0 Å². The highest BCUT2D eigenvalue weighted by molar-refractivity contribution is 7.89. The summed E-state index contributed by atoms with van der Waals surface area (Å²) in [5.41, 5.74) is 0.979. The van der Waals surface area contributed by atoms with Gasteiger partial charge in [-0.05, 0) is 25.5 Å². The van der Waals surface area contributed by atoms with Gasteiger partial charge in [-0.15, -0.1) is 0 Å². The van der Waals surface area contributed by atoms with Crippen molar-refractivity contribution in [1.82, 2.24) is 10.0 Å². The molecule has 0 aromatic heterocycles. The van der Waals surface area contributed by atoms with Crippen LogP contribution in [0.15, 0.2) is 41.6 Å². The van der Waals surface area contributed by atoms with Crippen LogP contribution in [0, 0.1) is 6.92 Å². The summed E-state index contributed by atoms with van der Waals surface area (Å²) in [6.07, 6.45) is -0.371. The van der Waals surface area contributed by atoms with E-state index in [-0.39, 0.29) is 10.7 Å². The number of nitrogens with one attached hydrogen (secondary N) is 2. The predicted molar refractivity (Wildman–Crippen MR) is 70.1 cm³/mol. The number of aliphatic hydroxyl groups is 1. The van der Waals surface area contributed by atoms with E-state index in [9.17, 15) is 13.5 Å². The van der Waals surface area contributed by atoms with Crippen LogP contribution in [0.4, 0.5) is 0 Å². The van der Waals surface area contributed by atoms with E-state index in [4.69, 9.17) is 0 Å². The quantitative estimate of drug-likeness (QED) is 0.675. The van der Waals surface area contributed by atoms with Crippen LogP contribution in [0.2, 0.25) is 0 Å². The predicted octanol–water partition coefficient (Wildman–Crippen LogP) is 1.06. The molecule has 1 aromatic rings. The first kappa shape index (κ1) is 14.5. The normalized spacial score (nSPS) is 12.8. The Bertz CT molecular complexity index is 509. The molecule has 0 saturated heterocycles. The van der Waals surface area contributed by atoms with E-state index >= 15 is 0 Å². The Kier molecular flexibility index (Phi) is 4.75. The molecule has 0 radical (unpaired) electrons. The molecule has 0 spiro atoms. The average Bonchev–Trinajstić information content (AvgIpc) is 2.28. The molecule has 0 amide bonds. The lowest BCUT2D eigenvalue weighted by Crippen LogP contribution is -2.36. The van der Waals surface area contributed by atoms with Gasteiger partial charge in [-0.1, -0.05) is 31.2 Å². The average molecular weight is 270 g/mol. The molecule has 6 heteroatoms. The topological polar surface area (TPSA) is 78.4 Å². The van der Waals surface area contributed by atoms with Crippen molar-refractivity contribution in [3.05, 3.63) is 42.2 Å². The molecule has 0 bridgehead atoms. The van der Waals surface area contributed by atoms with Gasteiger partial charge >= 0.3 is 0 Å². The third-order valence-corrected chi connectivity index (χ3v) is 3.72. The Morgan fingerprint density at radius 1 is 1.39 bits per heavy atom. The summed E-state index contributed by atoms with van der Waals surface area (Å²) in [4.78, 5) is 0.155. The van der Waals surface area contributed by atoms with Crippen LogP contribution in [0.3, 0.4) is 0 Å². The largest absolute Gasteiger partial charge is 0.374 e. The molecule has 0 heterocycles. The summed E-state index contributed by atoms with van der Waals surface area (Å²) in [5, 5.41) is 11.9. The Balaban J connectivity index is 2.76. The molecule has 3 N–H and O–H groups in total. The molecule has 0 aliphatic heterocycles. The van der Waals surface area contributed by atoms with E-state index in [0.717, 1.165) is 5.56 Å². The maximum absolute atomic E-state index is 11.9. The molecule has 1 rings (SSSR count). The fourth-order valence-electron chi connectivity index (χ4n) is 1.27. The third-order valence-electron chi connectivity index (χ3n) is 2.32. The molecule has 0 fully saturated rings. The number of rotatable bonds is 6. The van der Waals surface area contributed by atoms with Crippen LogP contribution in [-0.2, 0) is 10.0 Å². The summed E-state index contributed by atoms with van der Waals surface area (Å²) in [7, 11) is -3.65. The van der Waals surface area contributed by atoms with Gasteiger partial charge in [0.15, 0.2) is 0 Å². The van der Waals surface area contributed by atoms with Gasteiger partial charge < -0.3 is 10.4 Å². The summed E-state index contributed by atoms with van der Waals surface area (Å²) in [6, 6.07) is 6.46. The number of benzene rings is 1. The maximum Gasteiger partial charge on any atom is 0.262 e. The van der Waals surface area contributed by atoms with Gasteiger partial charge in [0.2, 0.25) is 0 Å². The molecular weight excluding hydrogens is 252 g/mol. The summed E-state index contributed by atoms with van der Waals surface area (Å²) in [5.74, 6) is 0.0462. The lowest BCUT2D eigenvalue weighted by Gasteiger charge is -2.16. The van der Waals surface area contributed by atoms with Crippen molar-refractivity contribution < 1.29 is 13.5 Å². The zero-order valence-corrected chi connectivity index (χ0v) is 11.3. The van der Waals surface area contributed by atoms with Gasteiger partial charge in [-0.25, -0.2) is 8.42 Å². The van der Waals surface area contributed by atoms with E-state index < -0.39 is 16.3 Å². The van der Waals surface area contributed by atoms with Crippen molar-refractivity contribution in [3.8, 4) is 0 Å². The molecule has 1 aromatic carbocycles. The first-order chi connectivity index (χ1) is 8.35. The molecule has 1 unspecified atom stereocenters. The van der Waals surface area contributed by atoms with Crippen LogP contribution in [0.1, 0.15) is 18.9 Å². The summed E-state index contributed by atoms with van der Waals surface area (Å²) < 4.78 is 26.1. The van der Waals surface area contributed by atoms with Crippen LogP contribution in [0.25, 0.3) is 0 Å². The highest BCUT2D eigenvalue weighted by Gasteiger charge is 2.15. The minimum absolute atomic E-state index is 0.0462. The summed E-state index contributed by atoms with van der Waals surface area (Å²) in [6.45, 7) is 7.15. The number of hydrogen-bond donors (Lipinski definition) is 3. The smallest absolute Gasteiger partial charge is 0.262 e. The minimum atomic E-state index is -3.65. The highest BCUT2D eigenvalue weighted by Crippen LogP contribution is 2.10. The molecule has 100 valence electrons. The molecular formula is C12H18N2O3S. The number of aryl methyl sites for hydroxylation is 1. The number of aliphatic hydroxyl groups excluding tert-OH is 1. The fraction of sp³-hybridized carbons (Fsp3) is 0.333. The van der Waals surface area contributed by atoms with Gasteiger partial charge in [0.25, 0.3) is 10.0 Å². The first-order valence-corrected chi connectivity index (χ1v) is 7.06. The van der Waals surface area contributed by atoms with Crippen molar-refractivity contribution in [2.24, 2.45) is 0 Å². The zero-order valence-electron chi connectivity index (χ0n) is 10.5. The lowest BCUT2D eigenvalue weighted by atomic mass is 10.2. The van der Waals surface area contributed by atoms with Crippen LogP contribution in [-0.4, -0.2) is 19.8 Å². The van der Waals surface area contributed by atoms with Crippen molar-refractivity contribution in [2.45, 2.75) is 31.4 Å². The minimum Gasteiger partial charge on any atom is -0.374 e. The Morgan fingerprint density at radius 3 is 2.44 bits per heavy atom. The second kappa shape index (κ2) is 5.88. The Hall–Kier alpha value is -1.53. The van der Waals surface area contributed by atoms with E-state index in [1.54, 1.807) is 19.1 Å². The van der Waals surface area contributed by atoms with Gasteiger partial charge in [-0.2, -0.15) is 0 Å². The van der Waals surface area contributed by atoms with Gasteiger partial charge in [-0.3, -0.25) is 4.72 Å². The van der Waals surface area contributed by atoms with Crippen LogP contribution in [0.5, 0.6) is 0 Å².